The van der Waals surface area contributed by atoms with Gasteiger partial charge in [0.15, 0.2) is 4.32 Å². The average molecular weight is 370 g/mol. The van der Waals surface area contributed by atoms with Crippen LogP contribution < -0.4 is 9.64 Å². The minimum Gasteiger partial charge on any atom is -0.494 e. The Morgan fingerprint density at radius 1 is 1.16 bits per heavy atom. The maximum atomic E-state index is 12.9. The molecule has 0 atom stereocenters. The largest absolute Gasteiger partial charge is 0.494 e. The van der Waals surface area contributed by atoms with E-state index in [2.05, 4.69) is 6.07 Å². The monoisotopic (exact) mass is 369 g/mol. The van der Waals surface area contributed by atoms with Crippen molar-refractivity contribution in [2.75, 3.05) is 11.5 Å². The van der Waals surface area contributed by atoms with Gasteiger partial charge in [-0.05, 0) is 56.2 Å². The van der Waals surface area contributed by atoms with E-state index in [9.17, 15) is 4.79 Å². The van der Waals surface area contributed by atoms with Gasteiger partial charge in [-0.1, -0.05) is 53.8 Å². The molecular weight excluding hydrogens is 350 g/mol. The van der Waals surface area contributed by atoms with Gasteiger partial charge < -0.3 is 4.74 Å². The van der Waals surface area contributed by atoms with Gasteiger partial charge in [-0.25, -0.2) is 0 Å². The van der Waals surface area contributed by atoms with Gasteiger partial charge in [0.2, 0.25) is 0 Å². The summed E-state index contributed by atoms with van der Waals surface area (Å²) in [7, 11) is 0. The Morgan fingerprint density at radius 2 is 1.88 bits per heavy atom. The Bertz CT molecular complexity index is 856. The lowest BCUT2D eigenvalue weighted by atomic mass is 10.1. The molecule has 0 radical (unpaired) electrons. The third-order valence-electron chi connectivity index (χ3n) is 3.88. The Labute approximate surface area is 157 Å². The number of carbonyl (C=O) groups is 1. The van der Waals surface area contributed by atoms with Gasteiger partial charge in [-0.2, -0.15) is 0 Å². The van der Waals surface area contributed by atoms with Crippen LogP contribution in [0.5, 0.6) is 5.75 Å². The van der Waals surface area contributed by atoms with Gasteiger partial charge in [0.05, 0.1) is 17.2 Å². The standard InChI is InChI=1S/C20H19NO2S2/c1-4-23-16-8-6-15(7-9-16)12-18-19(22)21(20(24)25-18)17-10-5-13(2)11-14(17)3/h5-12H,4H2,1-3H3/b18-12-. The molecule has 25 heavy (non-hydrogen) atoms. The van der Waals surface area contributed by atoms with Crippen LogP contribution in [0.25, 0.3) is 6.08 Å². The van der Waals surface area contributed by atoms with Gasteiger partial charge in [0.1, 0.15) is 5.75 Å². The number of hydrogen-bond acceptors (Lipinski definition) is 4. The highest BCUT2D eigenvalue weighted by Gasteiger charge is 2.33. The van der Waals surface area contributed by atoms with E-state index < -0.39 is 0 Å². The first-order chi connectivity index (χ1) is 12.0. The fourth-order valence-electron chi connectivity index (χ4n) is 2.71. The van der Waals surface area contributed by atoms with Gasteiger partial charge in [0, 0.05) is 0 Å². The number of thiocarbonyl (C=S) groups is 1. The Kier molecular flexibility index (Phi) is 5.25. The number of ether oxygens (including phenoxy) is 1. The Morgan fingerprint density at radius 3 is 2.52 bits per heavy atom. The van der Waals surface area contributed by atoms with Gasteiger partial charge >= 0.3 is 0 Å². The minimum absolute atomic E-state index is 0.0733. The number of hydrogen-bond donors (Lipinski definition) is 0. The van der Waals surface area contributed by atoms with Crippen molar-refractivity contribution in [2.24, 2.45) is 0 Å². The van der Waals surface area contributed by atoms with E-state index in [0.29, 0.717) is 15.8 Å². The van der Waals surface area contributed by atoms with Gasteiger partial charge in [0.25, 0.3) is 5.91 Å². The molecule has 1 aliphatic rings. The molecule has 0 aliphatic carbocycles. The lowest BCUT2D eigenvalue weighted by Gasteiger charge is -2.17. The van der Waals surface area contributed by atoms with Crippen LogP contribution in [0.2, 0.25) is 0 Å². The number of carbonyl (C=O) groups excluding carboxylic acids is 1. The average Bonchev–Trinajstić information content (AvgIpc) is 2.84. The summed E-state index contributed by atoms with van der Waals surface area (Å²) < 4.78 is 6.01. The van der Waals surface area contributed by atoms with Crippen LogP contribution in [0.4, 0.5) is 5.69 Å². The summed E-state index contributed by atoms with van der Waals surface area (Å²) in [6.07, 6.45) is 1.87. The number of benzene rings is 2. The van der Waals surface area contributed by atoms with E-state index in [1.54, 1.807) is 4.90 Å². The molecule has 1 amide bonds. The predicted molar refractivity (Wildman–Crippen MR) is 109 cm³/mol. The summed E-state index contributed by atoms with van der Waals surface area (Å²) in [5.41, 5.74) is 4.00. The third kappa shape index (κ3) is 3.78. The molecule has 0 saturated carbocycles. The first-order valence-corrected chi connectivity index (χ1v) is 9.30. The second kappa shape index (κ2) is 7.42. The number of amides is 1. The van der Waals surface area contributed by atoms with Crippen molar-refractivity contribution in [1.29, 1.82) is 0 Å². The smallest absolute Gasteiger partial charge is 0.270 e. The van der Waals surface area contributed by atoms with Crippen molar-refractivity contribution in [3.63, 3.8) is 0 Å². The molecular formula is C20H19NO2S2. The van der Waals surface area contributed by atoms with Crippen molar-refractivity contribution < 1.29 is 9.53 Å². The van der Waals surface area contributed by atoms with Crippen LogP contribution in [-0.4, -0.2) is 16.8 Å². The van der Waals surface area contributed by atoms with Crippen molar-refractivity contribution in [1.82, 2.24) is 0 Å². The molecule has 0 spiro atoms. The molecule has 5 heteroatoms. The molecule has 0 aromatic heterocycles. The molecule has 3 nitrogen and oxygen atoms in total. The van der Waals surface area contributed by atoms with Crippen LogP contribution in [0, 0.1) is 13.8 Å². The fraction of sp³-hybridized carbons (Fsp3) is 0.200. The summed E-state index contributed by atoms with van der Waals surface area (Å²) in [6.45, 7) is 6.62. The highest BCUT2D eigenvalue weighted by Crippen LogP contribution is 2.37. The molecule has 1 heterocycles. The zero-order chi connectivity index (χ0) is 18.0. The highest BCUT2D eigenvalue weighted by atomic mass is 32.2. The van der Waals surface area contributed by atoms with Crippen molar-refractivity contribution >= 4 is 46.0 Å². The van der Waals surface area contributed by atoms with Crippen molar-refractivity contribution in [3.05, 3.63) is 64.1 Å². The second-order valence-electron chi connectivity index (χ2n) is 5.81. The van der Waals surface area contributed by atoms with Gasteiger partial charge in [-0.15, -0.1) is 0 Å². The molecule has 0 N–H and O–H groups in total. The maximum absolute atomic E-state index is 12.9. The number of rotatable bonds is 4. The van der Waals surface area contributed by atoms with E-state index in [1.165, 1.54) is 11.8 Å². The molecule has 0 unspecified atom stereocenters. The molecule has 0 bridgehead atoms. The molecule has 128 valence electrons. The summed E-state index contributed by atoms with van der Waals surface area (Å²) in [5.74, 6) is 0.748. The van der Waals surface area contributed by atoms with E-state index in [-0.39, 0.29) is 5.91 Å². The first kappa shape index (κ1) is 17.7. The second-order valence-corrected chi connectivity index (χ2v) is 7.48. The maximum Gasteiger partial charge on any atom is 0.270 e. The third-order valence-corrected chi connectivity index (χ3v) is 5.18. The summed E-state index contributed by atoms with van der Waals surface area (Å²) >= 11 is 6.78. The van der Waals surface area contributed by atoms with Gasteiger partial charge in [-0.3, -0.25) is 9.69 Å². The topological polar surface area (TPSA) is 29.5 Å². The highest BCUT2D eigenvalue weighted by molar-refractivity contribution is 8.27. The zero-order valence-corrected chi connectivity index (χ0v) is 16.0. The predicted octanol–water partition coefficient (Wildman–Crippen LogP) is 5.11. The Balaban J connectivity index is 1.87. The summed E-state index contributed by atoms with van der Waals surface area (Å²) in [6, 6.07) is 13.7. The normalized spacial score (nSPS) is 16.0. The number of nitrogens with zero attached hydrogens (tertiary/aromatic N) is 1. The van der Waals surface area contributed by atoms with Crippen LogP contribution in [0.15, 0.2) is 47.4 Å². The van der Waals surface area contributed by atoms with E-state index >= 15 is 0 Å². The summed E-state index contributed by atoms with van der Waals surface area (Å²) in [4.78, 5) is 15.1. The zero-order valence-electron chi connectivity index (χ0n) is 14.4. The SMILES string of the molecule is CCOc1ccc(/C=C2\SC(=S)N(c3ccc(C)cc3C)C2=O)cc1. The van der Waals surface area contributed by atoms with Crippen LogP contribution in [0.3, 0.4) is 0 Å². The Hall–Kier alpha value is -2.11. The van der Waals surface area contributed by atoms with Crippen molar-refractivity contribution in [2.45, 2.75) is 20.8 Å². The van der Waals surface area contributed by atoms with Crippen LogP contribution in [0.1, 0.15) is 23.6 Å². The van der Waals surface area contributed by atoms with Crippen LogP contribution in [-0.2, 0) is 4.79 Å². The molecule has 3 rings (SSSR count). The van der Waals surface area contributed by atoms with Crippen LogP contribution >= 0.6 is 24.0 Å². The fourth-order valence-corrected chi connectivity index (χ4v) is 3.99. The number of anilines is 1. The minimum atomic E-state index is -0.0733. The van der Waals surface area contributed by atoms with E-state index in [1.807, 2.05) is 63.2 Å². The molecule has 2 aromatic rings. The van der Waals surface area contributed by atoms with E-state index in [4.69, 9.17) is 17.0 Å². The number of thioether (sulfide) groups is 1. The number of aryl methyl sites for hydroxylation is 2. The lowest BCUT2D eigenvalue weighted by Crippen LogP contribution is -2.28. The molecule has 1 fully saturated rings. The van der Waals surface area contributed by atoms with Crippen molar-refractivity contribution in [3.8, 4) is 5.75 Å². The molecule has 2 aromatic carbocycles. The quantitative estimate of drug-likeness (QED) is 0.553. The summed E-state index contributed by atoms with van der Waals surface area (Å²) in [5, 5.41) is 0. The first-order valence-electron chi connectivity index (χ1n) is 8.07. The molecule has 1 aliphatic heterocycles. The van der Waals surface area contributed by atoms with E-state index in [0.717, 1.165) is 28.1 Å². The molecule has 1 saturated heterocycles. The lowest BCUT2D eigenvalue weighted by molar-refractivity contribution is -0.113.